The van der Waals surface area contributed by atoms with Gasteiger partial charge >= 0.3 is 5.97 Å². The maximum Gasteiger partial charge on any atom is 0.309 e. The van der Waals surface area contributed by atoms with Crippen LogP contribution in [0.2, 0.25) is 0 Å². The number of carbonyl (C=O) groups is 1. The van der Waals surface area contributed by atoms with Gasteiger partial charge in [0.05, 0.1) is 12.5 Å². The summed E-state index contributed by atoms with van der Waals surface area (Å²) in [6, 6.07) is 0. The van der Waals surface area contributed by atoms with E-state index in [-0.39, 0.29) is 11.9 Å². The smallest absolute Gasteiger partial charge is 0.309 e. The maximum absolute atomic E-state index is 12.4. The molecule has 0 amide bonds. The van der Waals surface area contributed by atoms with E-state index in [2.05, 4.69) is 24.0 Å². The minimum atomic E-state index is 0.0430. The molecule has 0 saturated carbocycles. The zero-order valence-corrected chi connectivity index (χ0v) is 13.6. The summed E-state index contributed by atoms with van der Waals surface area (Å²) >= 11 is 0. The Morgan fingerprint density at radius 3 is 2.81 bits per heavy atom. The normalized spacial score (nSPS) is 23.6. The van der Waals surface area contributed by atoms with E-state index >= 15 is 0 Å². The van der Waals surface area contributed by atoms with Crippen molar-refractivity contribution in [1.82, 2.24) is 4.90 Å². The van der Waals surface area contributed by atoms with Crippen molar-refractivity contribution < 1.29 is 9.53 Å². The van der Waals surface area contributed by atoms with Crippen molar-refractivity contribution in [1.29, 1.82) is 0 Å². The summed E-state index contributed by atoms with van der Waals surface area (Å²) in [7, 11) is 0. The second kappa shape index (κ2) is 9.24. The highest BCUT2D eigenvalue weighted by atomic mass is 16.5. The van der Waals surface area contributed by atoms with Crippen molar-refractivity contribution in [2.45, 2.75) is 58.3 Å². The topological polar surface area (TPSA) is 29.5 Å². The van der Waals surface area contributed by atoms with Gasteiger partial charge in [0, 0.05) is 6.54 Å². The number of hydrogen-bond acceptors (Lipinski definition) is 3. The van der Waals surface area contributed by atoms with Gasteiger partial charge in [0.15, 0.2) is 0 Å². The van der Waals surface area contributed by atoms with E-state index in [0.29, 0.717) is 12.5 Å². The summed E-state index contributed by atoms with van der Waals surface area (Å²) in [6.45, 7) is 6.30. The van der Waals surface area contributed by atoms with Gasteiger partial charge in [0.25, 0.3) is 0 Å². The fourth-order valence-electron chi connectivity index (χ4n) is 3.50. The summed E-state index contributed by atoms with van der Waals surface area (Å²) in [5.41, 5.74) is 0. The Kier molecular flexibility index (Phi) is 7.28. The molecule has 0 radical (unpaired) electrons. The highest BCUT2D eigenvalue weighted by Gasteiger charge is 2.28. The lowest BCUT2D eigenvalue weighted by atomic mass is 9.87. The van der Waals surface area contributed by atoms with Crippen LogP contribution in [-0.2, 0) is 9.53 Å². The Hall–Kier alpha value is -0.830. The zero-order chi connectivity index (χ0) is 14.9. The standard InChI is InChI=1S/C18H31NO2/c1-2-3-11-17(16-9-4-5-10-16)18(20)21-15-8-14-19-12-6-7-13-19/h4,9,16-17H,2-3,5-8,10-15H2,1H3. The number of ether oxygens (including phenoxy) is 1. The molecule has 2 unspecified atom stereocenters. The first-order chi connectivity index (χ1) is 10.3. The van der Waals surface area contributed by atoms with E-state index in [0.717, 1.165) is 45.1 Å². The van der Waals surface area contributed by atoms with Gasteiger partial charge in [-0.2, -0.15) is 0 Å². The Labute approximate surface area is 129 Å². The average Bonchev–Trinajstić information content (AvgIpc) is 3.17. The average molecular weight is 293 g/mol. The SMILES string of the molecule is CCCCC(C(=O)OCCCN1CCCC1)C1C=CCC1. The van der Waals surface area contributed by atoms with Crippen molar-refractivity contribution in [3.63, 3.8) is 0 Å². The monoisotopic (exact) mass is 293 g/mol. The lowest BCUT2D eigenvalue weighted by Gasteiger charge is -2.21. The molecule has 3 heteroatoms. The van der Waals surface area contributed by atoms with Crippen molar-refractivity contribution in [3.8, 4) is 0 Å². The molecule has 0 aromatic heterocycles. The third kappa shape index (κ3) is 5.46. The van der Waals surface area contributed by atoms with E-state index in [1.807, 2.05) is 0 Å². The van der Waals surface area contributed by atoms with Crippen LogP contribution in [0.5, 0.6) is 0 Å². The van der Waals surface area contributed by atoms with Crippen LogP contribution in [0.4, 0.5) is 0 Å². The molecule has 0 N–H and O–H groups in total. The minimum Gasteiger partial charge on any atom is -0.465 e. The molecule has 1 heterocycles. The Morgan fingerprint density at radius 2 is 2.14 bits per heavy atom. The number of esters is 1. The molecule has 0 bridgehead atoms. The molecule has 0 spiro atoms. The molecule has 3 nitrogen and oxygen atoms in total. The summed E-state index contributed by atoms with van der Waals surface area (Å²) in [4.78, 5) is 14.8. The fourth-order valence-corrected chi connectivity index (χ4v) is 3.50. The van der Waals surface area contributed by atoms with Crippen molar-refractivity contribution in [2.24, 2.45) is 11.8 Å². The number of allylic oxidation sites excluding steroid dienone is 2. The maximum atomic E-state index is 12.4. The predicted octanol–water partition coefficient (Wildman–Crippen LogP) is 3.79. The van der Waals surface area contributed by atoms with E-state index < -0.39 is 0 Å². The molecule has 2 rings (SSSR count). The van der Waals surface area contributed by atoms with E-state index in [9.17, 15) is 4.79 Å². The Morgan fingerprint density at radius 1 is 1.33 bits per heavy atom. The van der Waals surface area contributed by atoms with Gasteiger partial charge in [0.1, 0.15) is 0 Å². The largest absolute Gasteiger partial charge is 0.465 e. The predicted molar refractivity (Wildman–Crippen MR) is 86.1 cm³/mol. The van der Waals surface area contributed by atoms with Gasteiger partial charge in [-0.3, -0.25) is 4.79 Å². The molecule has 1 fully saturated rings. The first kappa shape index (κ1) is 16.5. The molecule has 2 aliphatic rings. The molecule has 2 atom stereocenters. The third-order valence-electron chi connectivity index (χ3n) is 4.80. The number of carbonyl (C=O) groups excluding carboxylic acids is 1. The first-order valence-electron chi connectivity index (χ1n) is 8.87. The second-order valence-corrected chi connectivity index (χ2v) is 6.49. The van der Waals surface area contributed by atoms with Gasteiger partial charge in [-0.1, -0.05) is 31.9 Å². The van der Waals surface area contributed by atoms with Gasteiger partial charge in [-0.05, 0) is 57.5 Å². The van der Waals surface area contributed by atoms with Crippen LogP contribution in [0, 0.1) is 11.8 Å². The Balaban J connectivity index is 1.68. The van der Waals surface area contributed by atoms with Crippen LogP contribution in [0.15, 0.2) is 12.2 Å². The van der Waals surface area contributed by atoms with Crippen molar-refractivity contribution in [2.75, 3.05) is 26.2 Å². The summed E-state index contributed by atoms with van der Waals surface area (Å²) in [5, 5.41) is 0. The van der Waals surface area contributed by atoms with Gasteiger partial charge in [0.2, 0.25) is 0 Å². The van der Waals surface area contributed by atoms with Crippen molar-refractivity contribution >= 4 is 5.97 Å². The zero-order valence-electron chi connectivity index (χ0n) is 13.6. The van der Waals surface area contributed by atoms with Crippen LogP contribution in [-0.4, -0.2) is 37.1 Å². The highest BCUT2D eigenvalue weighted by Crippen LogP contribution is 2.30. The van der Waals surface area contributed by atoms with Crippen LogP contribution in [0.25, 0.3) is 0 Å². The summed E-state index contributed by atoms with van der Waals surface area (Å²) in [6.07, 6.45) is 13.6. The van der Waals surface area contributed by atoms with Crippen LogP contribution >= 0.6 is 0 Å². The van der Waals surface area contributed by atoms with E-state index in [1.54, 1.807) is 0 Å². The quantitative estimate of drug-likeness (QED) is 0.368. The van der Waals surface area contributed by atoms with E-state index in [1.165, 1.54) is 25.9 Å². The summed E-state index contributed by atoms with van der Waals surface area (Å²) in [5.74, 6) is 0.555. The lowest BCUT2D eigenvalue weighted by Crippen LogP contribution is -2.26. The number of hydrogen-bond donors (Lipinski definition) is 0. The molecule has 21 heavy (non-hydrogen) atoms. The molecule has 1 aliphatic heterocycles. The van der Waals surface area contributed by atoms with Gasteiger partial charge in [-0.25, -0.2) is 0 Å². The number of unbranched alkanes of at least 4 members (excludes halogenated alkanes) is 1. The molecule has 1 aliphatic carbocycles. The first-order valence-corrected chi connectivity index (χ1v) is 8.87. The number of nitrogens with zero attached hydrogens (tertiary/aromatic N) is 1. The van der Waals surface area contributed by atoms with Crippen LogP contribution in [0.1, 0.15) is 58.3 Å². The summed E-state index contributed by atoms with van der Waals surface area (Å²) < 4.78 is 5.57. The van der Waals surface area contributed by atoms with Gasteiger partial charge in [-0.15, -0.1) is 0 Å². The fraction of sp³-hybridized carbons (Fsp3) is 0.833. The minimum absolute atomic E-state index is 0.0430. The molecule has 0 aromatic carbocycles. The lowest BCUT2D eigenvalue weighted by molar-refractivity contribution is -0.150. The molecular weight excluding hydrogens is 262 g/mol. The van der Waals surface area contributed by atoms with Crippen molar-refractivity contribution in [3.05, 3.63) is 12.2 Å². The Bertz CT molecular complexity index is 334. The van der Waals surface area contributed by atoms with Crippen LogP contribution < -0.4 is 0 Å². The van der Waals surface area contributed by atoms with Crippen LogP contribution in [0.3, 0.4) is 0 Å². The third-order valence-corrected chi connectivity index (χ3v) is 4.80. The highest BCUT2D eigenvalue weighted by molar-refractivity contribution is 5.73. The molecule has 0 aromatic rings. The second-order valence-electron chi connectivity index (χ2n) is 6.49. The number of rotatable bonds is 9. The molecule has 120 valence electrons. The number of likely N-dealkylation sites (tertiary alicyclic amines) is 1. The van der Waals surface area contributed by atoms with E-state index in [4.69, 9.17) is 4.74 Å². The molecular formula is C18H31NO2. The molecule has 1 saturated heterocycles. The van der Waals surface area contributed by atoms with Gasteiger partial charge < -0.3 is 9.64 Å².